The minimum absolute atomic E-state index is 0.330. The molecule has 0 spiro atoms. The van der Waals surface area contributed by atoms with Crippen molar-refractivity contribution in [2.75, 3.05) is 37.0 Å². The van der Waals surface area contributed by atoms with Crippen LogP contribution in [0.1, 0.15) is 38.3 Å². The molecule has 1 unspecified atom stereocenters. The molecule has 1 N–H and O–H groups in total. The zero-order valence-electron chi connectivity index (χ0n) is 12.9. The summed E-state index contributed by atoms with van der Waals surface area (Å²) >= 11 is 0. The van der Waals surface area contributed by atoms with Gasteiger partial charge in [-0.25, -0.2) is 4.98 Å². The SMILES string of the molecule is CCCNc1nc(C)cc(N(C)CC2CCCCO2)n1. The van der Waals surface area contributed by atoms with E-state index >= 15 is 0 Å². The Bertz CT molecular complexity index is 418. The lowest BCUT2D eigenvalue weighted by Gasteiger charge is -2.28. The largest absolute Gasteiger partial charge is 0.376 e. The molecular formula is C15H26N4O. The van der Waals surface area contributed by atoms with E-state index in [4.69, 9.17) is 4.74 Å². The molecule has 0 radical (unpaired) electrons. The molecule has 5 heteroatoms. The van der Waals surface area contributed by atoms with Gasteiger partial charge in [0.25, 0.3) is 0 Å². The lowest BCUT2D eigenvalue weighted by Crippen LogP contribution is -2.34. The highest BCUT2D eigenvalue weighted by Gasteiger charge is 2.17. The first-order valence-electron chi connectivity index (χ1n) is 7.61. The van der Waals surface area contributed by atoms with E-state index < -0.39 is 0 Å². The molecule has 0 bridgehead atoms. The van der Waals surface area contributed by atoms with Crippen LogP contribution in [-0.2, 0) is 4.74 Å². The minimum atomic E-state index is 0.330. The second-order valence-electron chi connectivity index (χ2n) is 5.49. The highest BCUT2D eigenvalue weighted by Crippen LogP contribution is 2.18. The average Bonchev–Trinajstić information content (AvgIpc) is 2.45. The van der Waals surface area contributed by atoms with E-state index in [1.807, 2.05) is 13.0 Å². The van der Waals surface area contributed by atoms with Crippen LogP contribution in [0, 0.1) is 6.92 Å². The fourth-order valence-electron chi connectivity index (χ4n) is 2.41. The van der Waals surface area contributed by atoms with Gasteiger partial charge in [-0.05, 0) is 32.6 Å². The summed E-state index contributed by atoms with van der Waals surface area (Å²) in [6.07, 6.45) is 5.01. The first-order valence-corrected chi connectivity index (χ1v) is 7.61. The summed E-state index contributed by atoms with van der Waals surface area (Å²) in [6, 6.07) is 2.03. The molecule has 112 valence electrons. The van der Waals surface area contributed by atoms with Gasteiger partial charge in [0.2, 0.25) is 5.95 Å². The zero-order chi connectivity index (χ0) is 14.4. The molecule has 5 nitrogen and oxygen atoms in total. The summed E-state index contributed by atoms with van der Waals surface area (Å²) in [5.74, 6) is 1.68. The van der Waals surface area contributed by atoms with Crippen molar-refractivity contribution in [1.29, 1.82) is 0 Å². The molecule has 20 heavy (non-hydrogen) atoms. The summed E-state index contributed by atoms with van der Waals surface area (Å²) in [7, 11) is 2.07. The standard InChI is InChI=1S/C15H26N4O/c1-4-8-16-15-17-12(2)10-14(18-15)19(3)11-13-7-5-6-9-20-13/h10,13H,4-9,11H2,1-3H3,(H,16,17,18). The second-order valence-corrected chi connectivity index (χ2v) is 5.49. The van der Waals surface area contributed by atoms with E-state index in [1.54, 1.807) is 0 Å². The monoisotopic (exact) mass is 278 g/mol. The number of aryl methyl sites for hydroxylation is 1. The first kappa shape index (κ1) is 15.0. The third kappa shape index (κ3) is 4.34. The molecule has 2 rings (SSSR count). The third-order valence-electron chi connectivity index (χ3n) is 3.52. The Morgan fingerprint density at radius 2 is 2.25 bits per heavy atom. The van der Waals surface area contributed by atoms with Crippen LogP contribution in [-0.4, -0.2) is 42.8 Å². The predicted octanol–water partition coefficient (Wildman–Crippen LogP) is 2.61. The maximum absolute atomic E-state index is 5.79. The highest BCUT2D eigenvalue weighted by molar-refractivity contribution is 5.44. The van der Waals surface area contributed by atoms with Gasteiger partial charge in [-0.3, -0.25) is 0 Å². The number of aromatic nitrogens is 2. The Hall–Kier alpha value is -1.36. The molecule has 1 aliphatic heterocycles. The molecule has 1 aliphatic rings. The Morgan fingerprint density at radius 3 is 2.95 bits per heavy atom. The average molecular weight is 278 g/mol. The van der Waals surface area contributed by atoms with Gasteiger partial charge < -0.3 is 15.0 Å². The summed E-state index contributed by atoms with van der Waals surface area (Å²) in [4.78, 5) is 11.2. The van der Waals surface area contributed by atoms with Crippen molar-refractivity contribution in [3.8, 4) is 0 Å². The smallest absolute Gasteiger partial charge is 0.224 e. The van der Waals surface area contributed by atoms with Crippen LogP contribution in [0.25, 0.3) is 0 Å². The van der Waals surface area contributed by atoms with Gasteiger partial charge in [0, 0.05) is 38.5 Å². The van der Waals surface area contributed by atoms with Crippen LogP contribution in [0.5, 0.6) is 0 Å². The van der Waals surface area contributed by atoms with Gasteiger partial charge in [-0.15, -0.1) is 0 Å². The molecule has 1 atom stereocenters. The Morgan fingerprint density at radius 1 is 1.40 bits per heavy atom. The molecule has 1 saturated heterocycles. The quantitative estimate of drug-likeness (QED) is 0.867. The molecule has 1 aromatic heterocycles. The zero-order valence-corrected chi connectivity index (χ0v) is 12.9. The van der Waals surface area contributed by atoms with Gasteiger partial charge in [0.05, 0.1) is 6.10 Å². The maximum atomic E-state index is 5.79. The molecular weight excluding hydrogens is 252 g/mol. The van der Waals surface area contributed by atoms with E-state index in [2.05, 4.69) is 34.2 Å². The van der Waals surface area contributed by atoms with Gasteiger partial charge in [0.15, 0.2) is 0 Å². The maximum Gasteiger partial charge on any atom is 0.224 e. The van der Waals surface area contributed by atoms with Crippen molar-refractivity contribution < 1.29 is 4.74 Å². The fraction of sp³-hybridized carbons (Fsp3) is 0.733. The number of nitrogens with zero attached hydrogens (tertiary/aromatic N) is 3. The van der Waals surface area contributed by atoms with Crippen LogP contribution < -0.4 is 10.2 Å². The van der Waals surface area contributed by atoms with Crippen molar-refractivity contribution in [3.63, 3.8) is 0 Å². The van der Waals surface area contributed by atoms with Crippen molar-refractivity contribution in [2.45, 2.75) is 45.6 Å². The van der Waals surface area contributed by atoms with Crippen LogP contribution >= 0.6 is 0 Å². The van der Waals surface area contributed by atoms with E-state index in [1.165, 1.54) is 12.8 Å². The van der Waals surface area contributed by atoms with Crippen molar-refractivity contribution in [1.82, 2.24) is 9.97 Å². The molecule has 0 aromatic carbocycles. The van der Waals surface area contributed by atoms with Crippen LogP contribution in [0.15, 0.2) is 6.07 Å². The first-order chi connectivity index (χ1) is 9.69. The lowest BCUT2D eigenvalue weighted by atomic mass is 10.1. The van der Waals surface area contributed by atoms with Crippen LogP contribution in [0.4, 0.5) is 11.8 Å². The molecule has 1 aromatic rings. The number of hydrogen-bond donors (Lipinski definition) is 1. The number of nitrogens with one attached hydrogen (secondary N) is 1. The molecule has 2 heterocycles. The van der Waals surface area contributed by atoms with Crippen LogP contribution in [0.2, 0.25) is 0 Å². The summed E-state index contributed by atoms with van der Waals surface area (Å²) < 4.78 is 5.79. The number of ether oxygens (including phenoxy) is 1. The van der Waals surface area contributed by atoms with Gasteiger partial charge in [-0.2, -0.15) is 4.98 Å². The van der Waals surface area contributed by atoms with E-state index in [0.29, 0.717) is 6.10 Å². The van der Waals surface area contributed by atoms with Crippen molar-refractivity contribution in [3.05, 3.63) is 11.8 Å². The number of rotatable bonds is 6. The van der Waals surface area contributed by atoms with Gasteiger partial charge in [0.1, 0.15) is 5.82 Å². The molecule has 0 saturated carbocycles. The third-order valence-corrected chi connectivity index (χ3v) is 3.52. The van der Waals surface area contributed by atoms with E-state index in [0.717, 1.165) is 50.0 Å². The number of hydrogen-bond acceptors (Lipinski definition) is 5. The Labute approximate surface area is 121 Å². The second kappa shape index (κ2) is 7.43. The number of anilines is 2. The fourth-order valence-corrected chi connectivity index (χ4v) is 2.41. The van der Waals surface area contributed by atoms with Crippen molar-refractivity contribution in [2.24, 2.45) is 0 Å². The topological polar surface area (TPSA) is 50.3 Å². The summed E-state index contributed by atoms with van der Waals surface area (Å²) in [6.45, 7) is 6.83. The van der Waals surface area contributed by atoms with E-state index in [-0.39, 0.29) is 0 Å². The van der Waals surface area contributed by atoms with Gasteiger partial charge in [-0.1, -0.05) is 6.92 Å². The van der Waals surface area contributed by atoms with Crippen molar-refractivity contribution >= 4 is 11.8 Å². The predicted molar refractivity (Wildman–Crippen MR) is 82.4 cm³/mol. The summed E-state index contributed by atoms with van der Waals surface area (Å²) in [5.41, 5.74) is 0.991. The lowest BCUT2D eigenvalue weighted by molar-refractivity contribution is 0.0215. The minimum Gasteiger partial charge on any atom is -0.376 e. The normalized spacial score (nSPS) is 18.9. The number of likely N-dealkylation sites (N-methyl/N-ethyl adjacent to an activating group) is 1. The van der Waals surface area contributed by atoms with Gasteiger partial charge >= 0.3 is 0 Å². The molecule has 0 amide bonds. The Kier molecular flexibility index (Phi) is 5.59. The molecule has 1 fully saturated rings. The van der Waals surface area contributed by atoms with E-state index in [9.17, 15) is 0 Å². The summed E-state index contributed by atoms with van der Waals surface area (Å²) in [5, 5.41) is 3.25. The Balaban J connectivity index is 2.00. The molecule has 0 aliphatic carbocycles. The van der Waals surface area contributed by atoms with Crippen LogP contribution in [0.3, 0.4) is 0 Å². The highest BCUT2D eigenvalue weighted by atomic mass is 16.5.